The van der Waals surface area contributed by atoms with Crippen LogP contribution in [0.2, 0.25) is 0 Å². The molecule has 0 saturated carbocycles. The van der Waals surface area contributed by atoms with Gasteiger partial charge in [-0.3, -0.25) is 10.1 Å². The number of nitrogen functional groups attached to an aromatic ring is 1. The molecule has 0 bridgehead atoms. The Labute approximate surface area is 104 Å². The molecule has 1 aromatic heterocycles. The lowest BCUT2D eigenvalue weighted by atomic mass is 10.1. The predicted molar refractivity (Wildman–Crippen MR) is 57.6 cm³/mol. The average molecular weight is 266 g/mol. The second kappa shape index (κ2) is 4.34. The van der Waals surface area contributed by atoms with E-state index in [1.165, 1.54) is 0 Å². The van der Waals surface area contributed by atoms with E-state index in [1.807, 2.05) is 0 Å². The molecule has 9 heteroatoms. The number of nitro benzene ring substituents is 1. The lowest BCUT2D eigenvalue weighted by molar-refractivity contribution is -0.387. The summed E-state index contributed by atoms with van der Waals surface area (Å²) < 4.78 is 32.1. The maximum atomic E-state index is 13.8. The Kier molecular flexibility index (Phi) is 2.84. The van der Waals surface area contributed by atoms with E-state index in [1.54, 1.807) is 6.07 Å². The SMILES string of the molecule is N#Cc1nc(-c2c(F)ccc([N+](=O)[O-])c2F)oc1N. The van der Waals surface area contributed by atoms with Gasteiger partial charge in [0.1, 0.15) is 17.4 Å². The quantitative estimate of drug-likeness (QED) is 0.655. The Hall–Kier alpha value is -3.02. The zero-order valence-electron chi connectivity index (χ0n) is 9.05. The van der Waals surface area contributed by atoms with Crippen molar-refractivity contribution in [3.63, 3.8) is 0 Å². The summed E-state index contributed by atoms with van der Waals surface area (Å²) in [4.78, 5) is 13.0. The second-order valence-corrected chi connectivity index (χ2v) is 3.36. The van der Waals surface area contributed by atoms with Gasteiger partial charge in [-0.25, -0.2) is 4.39 Å². The van der Waals surface area contributed by atoms with Crippen LogP contribution in [0.15, 0.2) is 16.5 Å². The van der Waals surface area contributed by atoms with E-state index >= 15 is 0 Å². The molecule has 1 aromatic carbocycles. The lowest BCUT2D eigenvalue weighted by Gasteiger charge is -2.00. The standard InChI is InChI=1S/C10H4F2N4O3/c11-4-1-2-6(16(17)18)8(12)7(4)10-15-5(3-13)9(14)19-10/h1-2H,14H2. The topological polar surface area (TPSA) is 119 Å². The first kappa shape index (κ1) is 12.4. The number of oxazole rings is 1. The summed E-state index contributed by atoms with van der Waals surface area (Å²) in [5.74, 6) is -3.62. The molecular formula is C10H4F2N4O3. The van der Waals surface area contributed by atoms with Crippen LogP contribution in [0.5, 0.6) is 0 Å². The van der Waals surface area contributed by atoms with E-state index in [2.05, 4.69) is 4.98 Å². The van der Waals surface area contributed by atoms with Crippen molar-refractivity contribution in [2.75, 3.05) is 5.73 Å². The molecule has 7 nitrogen and oxygen atoms in total. The lowest BCUT2D eigenvalue weighted by Crippen LogP contribution is -1.98. The normalized spacial score (nSPS) is 10.2. The number of benzene rings is 1. The molecule has 0 aliphatic rings. The highest BCUT2D eigenvalue weighted by molar-refractivity contribution is 5.62. The highest BCUT2D eigenvalue weighted by atomic mass is 19.1. The molecule has 0 unspecified atom stereocenters. The van der Waals surface area contributed by atoms with Gasteiger partial charge in [0, 0.05) is 6.07 Å². The van der Waals surface area contributed by atoms with Crippen molar-refractivity contribution in [1.82, 2.24) is 4.98 Å². The molecule has 0 fully saturated rings. The maximum Gasteiger partial charge on any atom is 0.305 e. The van der Waals surface area contributed by atoms with Crippen molar-refractivity contribution in [1.29, 1.82) is 5.26 Å². The van der Waals surface area contributed by atoms with Gasteiger partial charge in [0.2, 0.25) is 23.3 Å². The summed E-state index contributed by atoms with van der Waals surface area (Å²) in [5.41, 5.74) is 3.11. The van der Waals surface area contributed by atoms with Gasteiger partial charge in [-0.05, 0) is 6.07 Å². The molecular weight excluding hydrogens is 262 g/mol. The molecule has 0 saturated heterocycles. The minimum absolute atomic E-state index is 0.361. The number of nitrogens with zero attached hydrogens (tertiary/aromatic N) is 3. The molecule has 0 aliphatic carbocycles. The van der Waals surface area contributed by atoms with Gasteiger partial charge in [-0.2, -0.15) is 14.6 Å². The van der Waals surface area contributed by atoms with Gasteiger partial charge in [0.05, 0.1) is 4.92 Å². The number of nitro groups is 1. The summed E-state index contributed by atoms with van der Waals surface area (Å²) in [5, 5.41) is 19.2. The molecule has 19 heavy (non-hydrogen) atoms. The molecule has 0 aliphatic heterocycles. The first-order valence-electron chi connectivity index (χ1n) is 4.75. The minimum Gasteiger partial charge on any atom is -0.419 e. The number of halogens is 2. The largest absolute Gasteiger partial charge is 0.419 e. The number of aromatic nitrogens is 1. The Morgan fingerprint density at radius 1 is 1.47 bits per heavy atom. The fourth-order valence-electron chi connectivity index (χ4n) is 1.40. The van der Waals surface area contributed by atoms with Gasteiger partial charge >= 0.3 is 5.69 Å². The molecule has 0 amide bonds. The van der Waals surface area contributed by atoms with E-state index in [4.69, 9.17) is 15.4 Å². The molecule has 2 rings (SSSR count). The average Bonchev–Trinajstić information content (AvgIpc) is 2.70. The molecule has 0 spiro atoms. The van der Waals surface area contributed by atoms with Crippen LogP contribution in [-0.4, -0.2) is 9.91 Å². The third-order valence-electron chi connectivity index (χ3n) is 2.24. The van der Waals surface area contributed by atoms with Crippen LogP contribution in [0.1, 0.15) is 5.69 Å². The number of nitriles is 1. The third-order valence-corrected chi connectivity index (χ3v) is 2.24. The Morgan fingerprint density at radius 2 is 2.16 bits per heavy atom. The van der Waals surface area contributed by atoms with E-state index in [-0.39, 0.29) is 5.69 Å². The van der Waals surface area contributed by atoms with Gasteiger partial charge in [-0.1, -0.05) is 0 Å². The second-order valence-electron chi connectivity index (χ2n) is 3.36. The van der Waals surface area contributed by atoms with Crippen LogP contribution in [0.3, 0.4) is 0 Å². The fraction of sp³-hybridized carbons (Fsp3) is 0. The summed E-state index contributed by atoms with van der Waals surface area (Å²) in [6, 6.07) is 2.92. The van der Waals surface area contributed by atoms with Crippen molar-refractivity contribution in [3.8, 4) is 17.5 Å². The summed E-state index contributed by atoms with van der Waals surface area (Å²) in [6.07, 6.45) is 0. The van der Waals surface area contributed by atoms with Gasteiger partial charge in [0.15, 0.2) is 0 Å². The van der Waals surface area contributed by atoms with E-state index < -0.39 is 39.6 Å². The van der Waals surface area contributed by atoms with Crippen LogP contribution < -0.4 is 5.73 Å². The van der Waals surface area contributed by atoms with Crippen molar-refractivity contribution in [3.05, 3.63) is 39.6 Å². The summed E-state index contributed by atoms with van der Waals surface area (Å²) in [6.45, 7) is 0. The molecule has 2 N–H and O–H groups in total. The first-order valence-corrected chi connectivity index (χ1v) is 4.75. The smallest absolute Gasteiger partial charge is 0.305 e. The summed E-state index contributed by atoms with van der Waals surface area (Å²) in [7, 11) is 0. The van der Waals surface area contributed by atoms with E-state index in [9.17, 15) is 18.9 Å². The molecule has 1 heterocycles. The number of anilines is 1. The van der Waals surface area contributed by atoms with Gasteiger partial charge in [0.25, 0.3) is 0 Å². The van der Waals surface area contributed by atoms with Crippen molar-refractivity contribution >= 4 is 11.6 Å². The molecule has 2 aromatic rings. The highest BCUT2D eigenvalue weighted by Gasteiger charge is 2.26. The fourth-order valence-corrected chi connectivity index (χ4v) is 1.40. The van der Waals surface area contributed by atoms with Crippen LogP contribution in [0, 0.1) is 33.1 Å². The van der Waals surface area contributed by atoms with Gasteiger partial charge < -0.3 is 10.2 Å². The van der Waals surface area contributed by atoms with Crippen molar-refractivity contribution < 1.29 is 18.1 Å². The molecule has 0 atom stereocenters. The Balaban J connectivity index is 2.71. The first-order chi connectivity index (χ1) is 8.95. The van der Waals surface area contributed by atoms with Crippen LogP contribution in [0.25, 0.3) is 11.5 Å². The van der Waals surface area contributed by atoms with Crippen LogP contribution >= 0.6 is 0 Å². The number of hydrogen-bond acceptors (Lipinski definition) is 6. The summed E-state index contributed by atoms with van der Waals surface area (Å²) >= 11 is 0. The predicted octanol–water partition coefficient (Wildman–Crippen LogP) is 1.98. The van der Waals surface area contributed by atoms with Crippen LogP contribution in [0.4, 0.5) is 20.4 Å². The maximum absolute atomic E-state index is 13.8. The number of nitrogens with two attached hydrogens (primary N) is 1. The molecule has 96 valence electrons. The highest BCUT2D eigenvalue weighted by Crippen LogP contribution is 2.32. The van der Waals surface area contributed by atoms with Crippen molar-refractivity contribution in [2.24, 2.45) is 0 Å². The van der Waals surface area contributed by atoms with Crippen molar-refractivity contribution in [2.45, 2.75) is 0 Å². The Morgan fingerprint density at radius 3 is 2.68 bits per heavy atom. The van der Waals surface area contributed by atoms with E-state index in [0.29, 0.717) is 12.1 Å². The van der Waals surface area contributed by atoms with E-state index in [0.717, 1.165) is 0 Å². The van der Waals surface area contributed by atoms with Crippen LogP contribution in [-0.2, 0) is 0 Å². The molecule has 0 radical (unpaired) electrons. The third kappa shape index (κ3) is 1.95. The van der Waals surface area contributed by atoms with Gasteiger partial charge in [-0.15, -0.1) is 0 Å². The zero-order valence-corrected chi connectivity index (χ0v) is 9.05. The number of rotatable bonds is 2. The monoisotopic (exact) mass is 266 g/mol. The Bertz CT molecular complexity index is 720. The zero-order chi connectivity index (χ0) is 14.2. The number of hydrogen-bond donors (Lipinski definition) is 1. The minimum atomic E-state index is -1.45.